The quantitative estimate of drug-likeness (QED) is 0.682. The molecule has 3 N–H and O–H groups in total. The zero-order valence-corrected chi connectivity index (χ0v) is 15.1. The fraction of sp³-hybridized carbons (Fsp3) is 0.429. The molecule has 0 radical (unpaired) electrons. The third-order valence-electron chi connectivity index (χ3n) is 3.98. The molecule has 1 aromatic heterocycles. The van der Waals surface area contributed by atoms with Gasteiger partial charge in [-0.25, -0.2) is 4.79 Å². The van der Waals surface area contributed by atoms with Crippen LogP contribution in [-0.4, -0.2) is 57.8 Å². The maximum atomic E-state index is 12.0. The van der Waals surface area contributed by atoms with Crippen LogP contribution in [0.4, 0.5) is 11.4 Å². The Morgan fingerprint density at radius 1 is 1.12 bits per heavy atom. The normalized spacial score (nSPS) is 16.6. The van der Waals surface area contributed by atoms with Crippen LogP contribution in [0.1, 0.15) is 0 Å². The Labute approximate surface area is 152 Å². The van der Waals surface area contributed by atoms with Gasteiger partial charge in [0.15, 0.2) is 0 Å². The van der Waals surface area contributed by atoms with Crippen LogP contribution in [0.3, 0.4) is 0 Å². The zero-order valence-electron chi connectivity index (χ0n) is 12.8. The smallest absolute Gasteiger partial charge is 0.323 e. The highest BCUT2D eigenvalue weighted by Gasteiger charge is 2.31. The second-order valence-corrected chi connectivity index (χ2v) is 8.02. The fourth-order valence-corrected chi connectivity index (χ4v) is 2.81. The number of halogens is 3. The van der Waals surface area contributed by atoms with Crippen molar-refractivity contribution in [1.82, 2.24) is 14.9 Å². The van der Waals surface area contributed by atoms with Crippen molar-refractivity contribution in [3.8, 4) is 0 Å². The Kier molecular flexibility index (Phi) is 4.70. The first kappa shape index (κ1) is 17.4. The van der Waals surface area contributed by atoms with Gasteiger partial charge >= 0.3 is 5.69 Å². The molecule has 130 valence electrons. The van der Waals surface area contributed by atoms with Gasteiger partial charge in [-0.3, -0.25) is 4.79 Å². The summed E-state index contributed by atoms with van der Waals surface area (Å²) in [5.41, 5.74) is 2.16. The van der Waals surface area contributed by atoms with E-state index in [0.717, 1.165) is 31.9 Å². The summed E-state index contributed by atoms with van der Waals surface area (Å²) in [6, 6.07) is 3.47. The van der Waals surface area contributed by atoms with Gasteiger partial charge in [-0.15, -0.1) is 0 Å². The number of nitrogens with one attached hydrogen (secondary N) is 3. The molecule has 0 spiro atoms. The molecule has 0 unspecified atom stereocenters. The van der Waals surface area contributed by atoms with Crippen LogP contribution in [0.25, 0.3) is 11.0 Å². The standard InChI is InChI=1S/C14H16Cl3N5O2/c1-21-2-4-22(5-3-21)11-7-9-8(19-13(24)20-9)6-10(11)18-12(23)14(15,16)17/h6-7H,2-5H2,1H3,(H,18,23)(H2,19,20,24). The lowest BCUT2D eigenvalue weighted by atomic mass is 10.2. The fourth-order valence-electron chi connectivity index (χ4n) is 2.67. The lowest BCUT2D eigenvalue weighted by Gasteiger charge is -2.35. The summed E-state index contributed by atoms with van der Waals surface area (Å²) in [4.78, 5) is 33.3. The number of benzene rings is 1. The van der Waals surface area contributed by atoms with Gasteiger partial charge in [-0.2, -0.15) is 0 Å². The molecule has 1 aliphatic rings. The van der Waals surface area contributed by atoms with Crippen molar-refractivity contribution in [2.24, 2.45) is 0 Å². The molecule has 1 saturated heterocycles. The van der Waals surface area contributed by atoms with E-state index in [2.05, 4.69) is 32.1 Å². The third-order valence-corrected chi connectivity index (χ3v) is 4.50. The SMILES string of the molecule is CN1CCN(c2cc3[nH]c(=O)[nH]c3cc2NC(=O)C(Cl)(Cl)Cl)CC1. The average molecular weight is 393 g/mol. The van der Waals surface area contributed by atoms with Crippen molar-refractivity contribution < 1.29 is 4.79 Å². The van der Waals surface area contributed by atoms with E-state index >= 15 is 0 Å². The minimum Gasteiger partial charge on any atom is -0.367 e. The summed E-state index contributed by atoms with van der Waals surface area (Å²) in [5.74, 6) is -0.750. The van der Waals surface area contributed by atoms with Crippen molar-refractivity contribution >= 4 is 63.1 Å². The molecule has 1 fully saturated rings. The molecule has 0 bridgehead atoms. The number of imidazole rings is 1. The number of alkyl halides is 3. The van der Waals surface area contributed by atoms with Crippen molar-refractivity contribution in [2.75, 3.05) is 43.4 Å². The van der Waals surface area contributed by atoms with E-state index in [4.69, 9.17) is 34.8 Å². The lowest BCUT2D eigenvalue weighted by molar-refractivity contribution is -0.115. The largest absolute Gasteiger partial charge is 0.367 e. The number of piperazine rings is 1. The molecule has 0 aliphatic carbocycles. The molecule has 1 amide bonds. The van der Waals surface area contributed by atoms with Crippen LogP contribution in [0, 0.1) is 0 Å². The van der Waals surface area contributed by atoms with Crippen LogP contribution >= 0.6 is 34.8 Å². The van der Waals surface area contributed by atoms with E-state index < -0.39 is 9.70 Å². The molecule has 2 aromatic rings. The van der Waals surface area contributed by atoms with Gasteiger partial charge in [-0.1, -0.05) is 34.8 Å². The molecule has 0 atom stereocenters. The molecule has 7 nitrogen and oxygen atoms in total. The Bertz CT molecular complexity index is 818. The van der Waals surface area contributed by atoms with E-state index in [9.17, 15) is 9.59 Å². The molecular formula is C14H16Cl3N5O2. The number of likely N-dealkylation sites (N-methyl/N-ethyl adjacent to an activating group) is 1. The molecule has 0 saturated carbocycles. The van der Waals surface area contributed by atoms with Gasteiger partial charge in [0.2, 0.25) is 0 Å². The zero-order chi connectivity index (χ0) is 17.5. The molecule has 24 heavy (non-hydrogen) atoms. The van der Waals surface area contributed by atoms with Gasteiger partial charge in [0, 0.05) is 26.2 Å². The number of amides is 1. The second-order valence-electron chi connectivity index (χ2n) is 5.74. The minimum absolute atomic E-state index is 0.320. The number of hydrogen-bond donors (Lipinski definition) is 3. The Morgan fingerprint density at radius 3 is 2.29 bits per heavy atom. The molecule has 1 aliphatic heterocycles. The van der Waals surface area contributed by atoms with Crippen molar-refractivity contribution in [1.29, 1.82) is 0 Å². The topological polar surface area (TPSA) is 84.2 Å². The van der Waals surface area contributed by atoms with E-state index in [-0.39, 0.29) is 5.69 Å². The summed E-state index contributed by atoms with van der Waals surface area (Å²) in [6.07, 6.45) is 0. The minimum atomic E-state index is -2.07. The monoisotopic (exact) mass is 391 g/mol. The summed E-state index contributed by atoms with van der Waals surface area (Å²) >= 11 is 16.9. The van der Waals surface area contributed by atoms with E-state index in [1.54, 1.807) is 6.07 Å². The predicted octanol–water partition coefficient (Wildman–Crippen LogP) is 1.92. The van der Waals surface area contributed by atoms with E-state index in [0.29, 0.717) is 16.7 Å². The number of anilines is 2. The first-order valence-electron chi connectivity index (χ1n) is 7.32. The maximum Gasteiger partial charge on any atom is 0.323 e. The highest BCUT2D eigenvalue weighted by atomic mass is 35.6. The third kappa shape index (κ3) is 3.64. The van der Waals surface area contributed by atoms with Gasteiger partial charge < -0.3 is 25.1 Å². The molecule has 2 heterocycles. The van der Waals surface area contributed by atoms with Crippen molar-refractivity contribution in [2.45, 2.75) is 3.79 Å². The predicted molar refractivity (Wildman–Crippen MR) is 97.5 cm³/mol. The van der Waals surface area contributed by atoms with Gasteiger partial charge in [0.05, 0.1) is 22.4 Å². The Morgan fingerprint density at radius 2 is 1.71 bits per heavy atom. The number of hydrogen-bond acceptors (Lipinski definition) is 4. The maximum absolute atomic E-state index is 12.0. The molecular weight excluding hydrogens is 377 g/mol. The number of carbonyl (C=O) groups is 1. The highest BCUT2D eigenvalue weighted by Crippen LogP contribution is 2.33. The number of nitrogens with zero attached hydrogens (tertiary/aromatic N) is 2. The first-order valence-corrected chi connectivity index (χ1v) is 8.45. The van der Waals surface area contributed by atoms with Crippen LogP contribution < -0.4 is 15.9 Å². The Hall–Kier alpha value is -1.41. The van der Waals surface area contributed by atoms with Gasteiger partial charge in [0.25, 0.3) is 9.70 Å². The van der Waals surface area contributed by atoms with Crippen LogP contribution in [0.15, 0.2) is 16.9 Å². The summed E-state index contributed by atoms with van der Waals surface area (Å²) < 4.78 is -2.07. The second kappa shape index (κ2) is 6.48. The summed E-state index contributed by atoms with van der Waals surface area (Å²) in [7, 11) is 2.05. The van der Waals surface area contributed by atoms with Crippen LogP contribution in [-0.2, 0) is 4.79 Å². The summed E-state index contributed by atoms with van der Waals surface area (Å²) in [5, 5.41) is 2.63. The van der Waals surface area contributed by atoms with Crippen LogP contribution in [0.2, 0.25) is 0 Å². The number of rotatable bonds is 2. The highest BCUT2D eigenvalue weighted by molar-refractivity contribution is 6.76. The lowest BCUT2D eigenvalue weighted by Crippen LogP contribution is -2.44. The van der Waals surface area contributed by atoms with Crippen molar-refractivity contribution in [3.05, 3.63) is 22.6 Å². The Balaban J connectivity index is 2.02. The number of aromatic amines is 2. The first-order chi connectivity index (χ1) is 11.2. The van der Waals surface area contributed by atoms with Crippen molar-refractivity contribution in [3.63, 3.8) is 0 Å². The van der Waals surface area contributed by atoms with Crippen LogP contribution in [0.5, 0.6) is 0 Å². The number of H-pyrrole nitrogens is 2. The average Bonchev–Trinajstić information content (AvgIpc) is 2.85. The van der Waals surface area contributed by atoms with E-state index in [1.165, 1.54) is 0 Å². The number of carbonyl (C=O) groups excluding carboxylic acids is 1. The summed E-state index contributed by atoms with van der Waals surface area (Å²) in [6.45, 7) is 3.35. The van der Waals surface area contributed by atoms with Gasteiger partial charge in [-0.05, 0) is 19.2 Å². The molecule has 3 rings (SSSR count). The molecule has 10 heteroatoms. The van der Waals surface area contributed by atoms with E-state index in [1.807, 2.05) is 6.07 Å². The van der Waals surface area contributed by atoms with Gasteiger partial charge in [0.1, 0.15) is 0 Å². The number of aromatic nitrogens is 2. The molecule has 1 aromatic carbocycles. The number of fused-ring (bicyclic) bond motifs is 1.